The lowest BCUT2D eigenvalue weighted by atomic mass is 10.1. The summed E-state index contributed by atoms with van der Waals surface area (Å²) < 4.78 is 54.9. The molecule has 0 saturated carbocycles. The lowest BCUT2D eigenvalue weighted by Crippen LogP contribution is -2.21. The number of ether oxygens (including phenoxy) is 4. The Bertz CT molecular complexity index is 1840. The molecule has 404 valence electrons. The second-order valence-electron chi connectivity index (χ2n) is 18.6. The van der Waals surface area contributed by atoms with Crippen molar-refractivity contribution in [3.63, 3.8) is 0 Å². The number of allylic oxidation sites excluding steroid dienone is 4. The summed E-state index contributed by atoms with van der Waals surface area (Å²) in [6.45, 7) is 8.59. The lowest BCUT2D eigenvalue weighted by molar-refractivity contribution is -0.00398. The van der Waals surface area contributed by atoms with Crippen LogP contribution in [-0.4, -0.2) is 86.1 Å². The van der Waals surface area contributed by atoms with Crippen LogP contribution in [0, 0.1) is 0 Å². The van der Waals surface area contributed by atoms with Crippen LogP contribution < -0.4 is 10.7 Å². The number of aromatic hydroxyl groups is 1. The average Bonchev–Trinajstić information content (AvgIpc) is 3.84. The Hall–Kier alpha value is -3.20. The molecule has 0 atom stereocenters. The molecule has 2 aromatic heterocycles. The van der Waals surface area contributed by atoms with Gasteiger partial charge in [-0.3, -0.25) is 9.05 Å². The van der Waals surface area contributed by atoms with E-state index in [4.69, 9.17) is 32.4 Å². The van der Waals surface area contributed by atoms with Crippen LogP contribution in [-0.2, 0) is 39.2 Å². The SMILES string of the molecule is CCCCCCCC/C=C\CCCCCCCCOP(=O)(NCCOCCOCCOCCOCc1cn(-c2cc3ccc(O)cc3oc2=O)nn1)OCCCCCCCC/C=C\CCCCCCCC. The van der Waals surface area contributed by atoms with E-state index in [9.17, 15) is 14.5 Å². The van der Waals surface area contributed by atoms with Gasteiger partial charge in [-0.2, -0.15) is 0 Å². The standard InChI is InChI=1S/C56H95N4O10P/c1-3-5-7-9-11-13-15-17-19-21-23-25-27-29-31-33-38-68-71(63,69-39-34-32-30-28-26-24-22-20-18-16-14-12-10-8-6-4-2)57-37-40-64-41-42-65-43-44-66-45-46-67-50-52-49-60(59-58-52)54-47-51-35-36-53(61)48-55(51)70-56(54)62/h17-20,35-36,47-49,61H,3-16,21-34,37-46,50H2,1-2H3,(H,57,63)/b19-17-,20-18-. The largest absolute Gasteiger partial charge is 0.508 e. The highest BCUT2D eigenvalue weighted by Crippen LogP contribution is 2.44. The number of aromatic nitrogens is 3. The Kier molecular flexibility index (Phi) is 37.8. The average molecular weight is 1020 g/mol. The van der Waals surface area contributed by atoms with Crippen LogP contribution in [0.4, 0.5) is 0 Å². The van der Waals surface area contributed by atoms with E-state index in [2.05, 4.69) is 53.6 Å². The number of nitrogens with one attached hydrogen (secondary N) is 1. The van der Waals surface area contributed by atoms with Crippen molar-refractivity contribution < 1.29 is 42.1 Å². The second kappa shape index (κ2) is 43.2. The number of nitrogens with zero attached hydrogens (tertiary/aromatic N) is 3. The fourth-order valence-corrected chi connectivity index (χ4v) is 9.38. The smallest absolute Gasteiger partial charge is 0.405 e. The van der Waals surface area contributed by atoms with Gasteiger partial charge in [0.05, 0.1) is 72.3 Å². The zero-order valence-corrected chi connectivity index (χ0v) is 45.1. The minimum atomic E-state index is -3.45. The van der Waals surface area contributed by atoms with E-state index in [1.165, 1.54) is 158 Å². The molecule has 15 heteroatoms. The monoisotopic (exact) mass is 1010 g/mol. The molecule has 0 aliphatic rings. The van der Waals surface area contributed by atoms with Crippen molar-refractivity contribution in [2.75, 3.05) is 66.0 Å². The number of rotatable bonds is 50. The summed E-state index contributed by atoms with van der Waals surface area (Å²) in [4.78, 5) is 12.5. The van der Waals surface area contributed by atoms with Crippen LogP contribution in [0.25, 0.3) is 16.7 Å². The van der Waals surface area contributed by atoms with Gasteiger partial charge in [0.15, 0.2) is 5.69 Å². The van der Waals surface area contributed by atoms with Gasteiger partial charge in [-0.15, -0.1) is 5.10 Å². The first kappa shape index (κ1) is 62.1. The zero-order valence-electron chi connectivity index (χ0n) is 44.2. The summed E-state index contributed by atoms with van der Waals surface area (Å²) in [5.74, 6) is 0.0144. The van der Waals surface area contributed by atoms with Gasteiger partial charge >= 0.3 is 13.4 Å². The Balaban J connectivity index is 1.20. The molecule has 0 radical (unpaired) electrons. The van der Waals surface area contributed by atoms with Gasteiger partial charge in [0.25, 0.3) is 0 Å². The van der Waals surface area contributed by atoms with Gasteiger partial charge in [0.1, 0.15) is 17.0 Å². The third-order valence-electron chi connectivity index (χ3n) is 12.2. The Labute approximate surface area is 428 Å². The molecule has 14 nitrogen and oxygen atoms in total. The van der Waals surface area contributed by atoms with Crippen molar-refractivity contribution in [1.82, 2.24) is 20.1 Å². The van der Waals surface area contributed by atoms with E-state index in [0.29, 0.717) is 77.1 Å². The number of hydrogen-bond donors (Lipinski definition) is 2. The predicted octanol–water partition coefficient (Wildman–Crippen LogP) is 14.5. The van der Waals surface area contributed by atoms with Crippen molar-refractivity contribution in [2.24, 2.45) is 0 Å². The molecule has 0 fully saturated rings. The quantitative estimate of drug-likeness (QED) is 0.0238. The second-order valence-corrected chi connectivity index (χ2v) is 20.5. The summed E-state index contributed by atoms with van der Waals surface area (Å²) in [5, 5.41) is 21.4. The molecule has 1 aromatic carbocycles. The highest BCUT2D eigenvalue weighted by molar-refractivity contribution is 7.51. The van der Waals surface area contributed by atoms with Gasteiger partial charge < -0.3 is 28.5 Å². The maximum Gasteiger partial charge on any atom is 0.405 e. The number of fused-ring (bicyclic) bond motifs is 1. The van der Waals surface area contributed by atoms with Gasteiger partial charge in [0, 0.05) is 18.0 Å². The van der Waals surface area contributed by atoms with Gasteiger partial charge in [0.2, 0.25) is 0 Å². The fourth-order valence-electron chi connectivity index (χ4n) is 8.02. The van der Waals surface area contributed by atoms with Crippen LogP contribution in [0.1, 0.15) is 199 Å². The maximum atomic E-state index is 13.7. The summed E-state index contributed by atoms with van der Waals surface area (Å²) in [7, 11) is -3.45. The zero-order chi connectivity index (χ0) is 50.6. The van der Waals surface area contributed by atoms with Crippen molar-refractivity contribution in [3.05, 3.63) is 70.9 Å². The third-order valence-corrected chi connectivity index (χ3v) is 13.9. The molecule has 0 spiro atoms. The summed E-state index contributed by atoms with van der Waals surface area (Å²) >= 11 is 0. The predicted molar refractivity (Wildman–Crippen MR) is 288 cm³/mol. The molecule has 0 amide bonds. The minimum Gasteiger partial charge on any atom is -0.508 e. The molecule has 0 aliphatic carbocycles. The molecule has 0 aliphatic heterocycles. The molecule has 0 unspecified atom stereocenters. The molecule has 0 saturated heterocycles. The topological polar surface area (TPSA) is 166 Å². The van der Waals surface area contributed by atoms with Crippen molar-refractivity contribution in [3.8, 4) is 11.4 Å². The molecular formula is C56H95N4O10P. The first-order valence-corrected chi connectivity index (χ1v) is 29.4. The van der Waals surface area contributed by atoms with Crippen LogP contribution in [0.15, 0.2) is 64.0 Å². The Morgan fingerprint density at radius 1 is 0.577 bits per heavy atom. The fraction of sp³-hybridized carbons (Fsp3) is 0.732. The summed E-state index contributed by atoms with van der Waals surface area (Å²) in [5.41, 5.74) is 0.442. The Morgan fingerprint density at radius 2 is 1.03 bits per heavy atom. The highest BCUT2D eigenvalue weighted by atomic mass is 31.2. The van der Waals surface area contributed by atoms with Crippen LogP contribution in [0.2, 0.25) is 0 Å². The molecule has 0 bridgehead atoms. The number of phenols is 1. The first-order chi connectivity index (χ1) is 34.9. The first-order valence-electron chi connectivity index (χ1n) is 27.9. The van der Waals surface area contributed by atoms with Crippen molar-refractivity contribution in [1.29, 1.82) is 0 Å². The number of phenolic OH excluding ortho intramolecular Hbond substituents is 1. The van der Waals surface area contributed by atoms with Gasteiger partial charge in [-0.1, -0.05) is 159 Å². The Morgan fingerprint density at radius 3 is 1.54 bits per heavy atom. The number of unbranched alkanes of at least 4 members (excludes halogenated alkanes) is 24. The van der Waals surface area contributed by atoms with E-state index >= 15 is 0 Å². The van der Waals surface area contributed by atoms with Crippen LogP contribution in [0.5, 0.6) is 5.75 Å². The lowest BCUT2D eigenvalue weighted by Gasteiger charge is -2.19. The van der Waals surface area contributed by atoms with Gasteiger partial charge in [-0.25, -0.2) is 19.1 Å². The molecule has 2 N–H and O–H groups in total. The van der Waals surface area contributed by atoms with E-state index in [1.54, 1.807) is 18.3 Å². The van der Waals surface area contributed by atoms with Gasteiger partial charge in [-0.05, 0) is 82.4 Å². The van der Waals surface area contributed by atoms with Crippen molar-refractivity contribution in [2.45, 2.75) is 200 Å². The summed E-state index contributed by atoms with van der Waals surface area (Å²) in [6, 6.07) is 6.20. The third kappa shape index (κ3) is 32.6. The minimum absolute atomic E-state index is 0.0144. The summed E-state index contributed by atoms with van der Waals surface area (Å²) in [6.07, 6.45) is 45.7. The van der Waals surface area contributed by atoms with E-state index in [1.807, 2.05) is 0 Å². The molecule has 71 heavy (non-hydrogen) atoms. The normalized spacial score (nSPS) is 12.2. The molecular weight excluding hydrogens is 920 g/mol. The van der Waals surface area contributed by atoms with Crippen LogP contribution in [0.3, 0.4) is 0 Å². The number of benzene rings is 1. The van der Waals surface area contributed by atoms with E-state index in [-0.39, 0.29) is 23.6 Å². The molecule has 3 aromatic rings. The van der Waals surface area contributed by atoms with E-state index < -0.39 is 13.4 Å². The molecule has 2 heterocycles. The maximum absolute atomic E-state index is 13.7. The van der Waals surface area contributed by atoms with Crippen molar-refractivity contribution >= 4 is 18.7 Å². The highest BCUT2D eigenvalue weighted by Gasteiger charge is 2.24. The van der Waals surface area contributed by atoms with E-state index in [0.717, 1.165) is 38.5 Å². The number of hydrogen-bond acceptors (Lipinski definition) is 12. The molecule has 3 rings (SSSR count). The van der Waals surface area contributed by atoms with Crippen LogP contribution >= 0.6 is 7.75 Å².